The Kier molecular flexibility index (Phi) is 4.48. The second-order valence-electron chi connectivity index (χ2n) is 5.86. The van der Waals surface area contributed by atoms with E-state index in [9.17, 15) is 5.11 Å². The van der Waals surface area contributed by atoms with E-state index in [0.29, 0.717) is 5.92 Å². The maximum atomic E-state index is 11.1. The zero-order valence-corrected chi connectivity index (χ0v) is 12.2. The Bertz CT molecular complexity index is 402. The van der Waals surface area contributed by atoms with Gasteiger partial charge in [0.1, 0.15) is 5.75 Å². The number of nitrogens with zero attached hydrogens (tertiary/aromatic N) is 1. The predicted octanol–water partition coefficient (Wildman–Crippen LogP) is 2.63. The lowest BCUT2D eigenvalue weighted by molar-refractivity contribution is -0.0618. The molecule has 1 fully saturated rings. The minimum absolute atomic E-state index is 0.310. The van der Waals surface area contributed by atoms with Crippen LogP contribution >= 0.6 is 0 Å². The standard InChI is InChI=1S/C16H25NO2/c1-17(2)12-14-6-4-5-11-16(14,18)13-7-9-15(19-3)10-8-13/h7-10,14,18H,4-6,11-12H2,1-3H3. The average molecular weight is 263 g/mol. The lowest BCUT2D eigenvalue weighted by Gasteiger charge is -2.41. The summed E-state index contributed by atoms with van der Waals surface area (Å²) in [6.07, 6.45) is 4.28. The number of benzene rings is 1. The van der Waals surface area contributed by atoms with E-state index < -0.39 is 5.60 Å². The van der Waals surface area contributed by atoms with Gasteiger partial charge in [-0.25, -0.2) is 0 Å². The first kappa shape index (κ1) is 14.4. The number of aliphatic hydroxyl groups is 1. The van der Waals surface area contributed by atoms with Crippen LogP contribution in [-0.2, 0) is 5.60 Å². The second-order valence-corrected chi connectivity index (χ2v) is 5.86. The van der Waals surface area contributed by atoms with E-state index in [0.717, 1.165) is 37.1 Å². The Morgan fingerprint density at radius 3 is 2.53 bits per heavy atom. The molecule has 0 amide bonds. The van der Waals surface area contributed by atoms with Gasteiger partial charge in [-0.2, -0.15) is 0 Å². The SMILES string of the molecule is COc1ccc(C2(O)CCCCC2CN(C)C)cc1. The van der Waals surface area contributed by atoms with Crippen molar-refractivity contribution in [3.05, 3.63) is 29.8 Å². The fourth-order valence-electron chi connectivity index (χ4n) is 3.17. The molecule has 0 radical (unpaired) electrons. The van der Waals surface area contributed by atoms with Crippen molar-refractivity contribution in [2.75, 3.05) is 27.7 Å². The molecule has 0 bridgehead atoms. The minimum atomic E-state index is -0.686. The van der Waals surface area contributed by atoms with Crippen LogP contribution < -0.4 is 4.74 Å². The maximum absolute atomic E-state index is 11.1. The van der Waals surface area contributed by atoms with Crippen molar-refractivity contribution in [2.45, 2.75) is 31.3 Å². The monoisotopic (exact) mass is 263 g/mol. The Morgan fingerprint density at radius 1 is 1.26 bits per heavy atom. The lowest BCUT2D eigenvalue weighted by Crippen LogP contribution is -2.43. The number of ether oxygens (including phenoxy) is 1. The molecule has 19 heavy (non-hydrogen) atoms. The van der Waals surface area contributed by atoms with Crippen LogP contribution in [0.1, 0.15) is 31.2 Å². The van der Waals surface area contributed by atoms with E-state index in [2.05, 4.69) is 19.0 Å². The molecule has 0 saturated heterocycles. The smallest absolute Gasteiger partial charge is 0.118 e. The molecule has 2 rings (SSSR count). The van der Waals surface area contributed by atoms with Gasteiger partial charge in [-0.05, 0) is 44.6 Å². The predicted molar refractivity (Wildman–Crippen MR) is 77.4 cm³/mol. The van der Waals surface area contributed by atoms with Gasteiger partial charge in [0, 0.05) is 12.5 Å². The Morgan fingerprint density at radius 2 is 1.95 bits per heavy atom. The highest BCUT2D eigenvalue weighted by Gasteiger charge is 2.40. The molecule has 0 spiro atoms. The second kappa shape index (κ2) is 5.93. The summed E-state index contributed by atoms with van der Waals surface area (Å²) in [5.74, 6) is 1.15. The molecular formula is C16H25NO2. The van der Waals surface area contributed by atoms with Crippen LogP contribution in [0, 0.1) is 5.92 Å². The van der Waals surface area contributed by atoms with Crippen LogP contribution in [0.25, 0.3) is 0 Å². The molecule has 1 saturated carbocycles. The summed E-state index contributed by atoms with van der Waals surface area (Å²) in [6.45, 7) is 0.933. The van der Waals surface area contributed by atoms with Crippen LogP contribution in [0.15, 0.2) is 24.3 Å². The molecule has 1 aromatic rings. The van der Waals surface area contributed by atoms with E-state index in [4.69, 9.17) is 4.74 Å². The molecule has 1 aromatic carbocycles. The van der Waals surface area contributed by atoms with Crippen molar-refractivity contribution in [1.29, 1.82) is 0 Å². The molecule has 1 N–H and O–H groups in total. The van der Waals surface area contributed by atoms with Gasteiger partial charge in [0.25, 0.3) is 0 Å². The van der Waals surface area contributed by atoms with Gasteiger partial charge in [-0.1, -0.05) is 25.0 Å². The molecule has 106 valence electrons. The molecule has 1 aliphatic carbocycles. The van der Waals surface area contributed by atoms with E-state index in [1.165, 1.54) is 6.42 Å². The summed E-state index contributed by atoms with van der Waals surface area (Å²) >= 11 is 0. The summed E-state index contributed by atoms with van der Waals surface area (Å²) in [4.78, 5) is 2.17. The van der Waals surface area contributed by atoms with E-state index >= 15 is 0 Å². The normalized spacial score (nSPS) is 27.5. The molecule has 0 aliphatic heterocycles. The third-order valence-electron chi connectivity index (χ3n) is 4.21. The summed E-state index contributed by atoms with van der Waals surface area (Å²) in [7, 11) is 5.81. The summed E-state index contributed by atoms with van der Waals surface area (Å²) < 4.78 is 5.19. The lowest BCUT2D eigenvalue weighted by atomic mass is 9.71. The van der Waals surface area contributed by atoms with Crippen LogP contribution in [-0.4, -0.2) is 37.8 Å². The molecule has 3 nitrogen and oxygen atoms in total. The van der Waals surface area contributed by atoms with Crippen molar-refractivity contribution in [2.24, 2.45) is 5.92 Å². The highest BCUT2D eigenvalue weighted by molar-refractivity contribution is 5.31. The number of hydrogen-bond donors (Lipinski definition) is 1. The highest BCUT2D eigenvalue weighted by atomic mass is 16.5. The molecule has 2 atom stereocenters. The molecule has 3 heteroatoms. The fraction of sp³-hybridized carbons (Fsp3) is 0.625. The zero-order chi connectivity index (χ0) is 13.9. The Balaban J connectivity index is 2.25. The van der Waals surface area contributed by atoms with Gasteiger partial charge in [-0.3, -0.25) is 0 Å². The van der Waals surface area contributed by atoms with E-state index in [1.54, 1.807) is 7.11 Å². The number of hydrogen-bond acceptors (Lipinski definition) is 3. The summed E-state index contributed by atoms with van der Waals surface area (Å²) in [5, 5.41) is 11.1. The average Bonchev–Trinajstić information content (AvgIpc) is 2.41. The van der Waals surface area contributed by atoms with E-state index in [-0.39, 0.29) is 0 Å². The molecule has 0 heterocycles. The molecule has 1 aliphatic rings. The van der Waals surface area contributed by atoms with Crippen molar-refractivity contribution >= 4 is 0 Å². The van der Waals surface area contributed by atoms with Gasteiger partial charge >= 0.3 is 0 Å². The first-order valence-electron chi connectivity index (χ1n) is 7.08. The Labute approximate surface area is 116 Å². The molecule has 0 aromatic heterocycles. The molecular weight excluding hydrogens is 238 g/mol. The van der Waals surface area contributed by atoms with Crippen molar-refractivity contribution in [1.82, 2.24) is 4.90 Å². The first-order valence-corrected chi connectivity index (χ1v) is 7.08. The van der Waals surface area contributed by atoms with Crippen LogP contribution in [0.4, 0.5) is 0 Å². The number of methoxy groups -OCH3 is 1. The number of rotatable bonds is 4. The largest absolute Gasteiger partial charge is 0.497 e. The van der Waals surface area contributed by atoms with Gasteiger partial charge in [0.15, 0.2) is 0 Å². The van der Waals surface area contributed by atoms with Gasteiger partial charge in [-0.15, -0.1) is 0 Å². The Hall–Kier alpha value is -1.06. The van der Waals surface area contributed by atoms with Gasteiger partial charge in [0.05, 0.1) is 12.7 Å². The topological polar surface area (TPSA) is 32.7 Å². The van der Waals surface area contributed by atoms with Crippen molar-refractivity contribution in [3.63, 3.8) is 0 Å². The van der Waals surface area contributed by atoms with Gasteiger partial charge < -0.3 is 14.7 Å². The first-order chi connectivity index (χ1) is 9.06. The highest BCUT2D eigenvalue weighted by Crippen LogP contribution is 2.42. The van der Waals surface area contributed by atoms with Crippen molar-refractivity contribution in [3.8, 4) is 5.75 Å². The maximum Gasteiger partial charge on any atom is 0.118 e. The van der Waals surface area contributed by atoms with Gasteiger partial charge in [0.2, 0.25) is 0 Å². The zero-order valence-electron chi connectivity index (χ0n) is 12.2. The quantitative estimate of drug-likeness (QED) is 0.906. The fourth-order valence-corrected chi connectivity index (χ4v) is 3.17. The summed E-state index contributed by atoms with van der Waals surface area (Å²) in [6, 6.07) is 7.89. The van der Waals surface area contributed by atoms with Crippen molar-refractivity contribution < 1.29 is 9.84 Å². The van der Waals surface area contributed by atoms with E-state index in [1.807, 2.05) is 24.3 Å². The van der Waals surface area contributed by atoms with Crippen LogP contribution in [0.5, 0.6) is 5.75 Å². The molecule has 2 unspecified atom stereocenters. The third kappa shape index (κ3) is 3.10. The minimum Gasteiger partial charge on any atom is -0.497 e. The third-order valence-corrected chi connectivity index (χ3v) is 4.21. The van der Waals surface area contributed by atoms with Crippen LogP contribution in [0.3, 0.4) is 0 Å². The van der Waals surface area contributed by atoms with Crippen LogP contribution in [0.2, 0.25) is 0 Å². The summed E-state index contributed by atoms with van der Waals surface area (Å²) in [5.41, 5.74) is 0.342.